The van der Waals surface area contributed by atoms with Crippen molar-refractivity contribution in [2.24, 2.45) is 11.8 Å². The predicted molar refractivity (Wildman–Crippen MR) is 89.7 cm³/mol. The van der Waals surface area contributed by atoms with Crippen LogP contribution < -0.4 is 5.32 Å². The lowest BCUT2D eigenvalue weighted by Gasteiger charge is -2.32. The molecule has 1 aliphatic heterocycles. The van der Waals surface area contributed by atoms with Crippen LogP contribution in [0.3, 0.4) is 0 Å². The zero-order valence-corrected chi connectivity index (χ0v) is 14.7. The number of benzene rings is 1. The fraction of sp³-hybridized carbons (Fsp3) is 0.684. The summed E-state index contributed by atoms with van der Waals surface area (Å²) in [6.07, 6.45) is 0.649. The molecule has 1 aromatic carbocycles. The quantitative estimate of drug-likeness (QED) is 0.891. The zero-order chi connectivity index (χ0) is 15.7. The van der Waals surface area contributed by atoms with Crippen LogP contribution in [-0.2, 0) is 4.74 Å². The fourth-order valence-electron chi connectivity index (χ4n) is 4.20. The van der Waals surface area contributed by atoms with Crippen molar-refractivity contribution >= 4 is 0 Å². The van der Waals surface area contributed by atoms with Crippen molar-refractivity contribution in [2.45, 2.75) is 66.7 Å². The summed E-state index contributed by atoms with van der Waals surface area (Å²) in [5.41, 5.74) is 5.62. The Labute approximate surface area is 130 Å². The Morgan fingerprint density at radius 1 is 1.05 bits per heavy atom. The number of rotatable bonds is 4. The minimum atomic E-state index is 0.305. The van der Waals surface area contributed by atoms with Gasteiger partial charge in [-0.15, -0.1) is 0 Å². The minimum absolute atomic E-state index is 0.305. The fourth-order valence-corrected chi connectivity index (χ4v) is 4.20. The molecule has 0 radical (unpaired) electrons. The van der Waals surface area contributed by atoms with E-state index in [1.54, 1.807) is 0 Å². The van der Waals surface area contributed by atoms with E-state index in [1.165, 1.54) is 22.3 Å². The lowest BCUT2D eigenvalue weighted by Crippen LogP contribution is -2.36. The molecular weight excluding hydrogens is 258 g/mol. The average molecular weight is 289 g/mol. The first-order valence-corrected chi connectivity index (χ1v) is 8.33. The largest absolute Gasteiger partial charge is 0.375 e. The molecule has 1 N–H and O–H groups in total. The summed E-state index contributed by atoms with van der Waals surface area (Å²) < 4.78 is 6.10. The second-order valence-electron chi connectivity index (χ2n) is 6.83. The van der Waals surface area contributed by atoms with Gasteiger partial charge in [0.15, 0.2) is 0 Å². The predicted octanol–water partition coefficient (Wildman–Crippen LogP) is 4.32. The molecular formula is C19H31NO. The Hall–Kier alpha value is -0.860. The maximum absolute atomic E-state index is 6.10. The number of ether oxygens (including phenoxy) is 1. The van der Waals surface area contributed by atoms with Crippen molar-refractivity contribution in [3.8, 4) is 0 Å². The third-order valence-electron chi connectivity index (χ3n) is 5.18. The molecule has 1 saturated heterocycles. The van der Waals surface area contributed by atoms with Crippen LogP contribution in [0.15, 0.2) is 12.1 Å². The van der Waals surface area contributed by atoms with Crippen LogP contribution in [0, 0.1) is 32.6 Å². The third kappa shape index (κ3) is 3.17. The molecule has 2 heteroatoms. The van der Waals surface area contributed by atoms with Crippen LogP contribution in [0.4, 0.5) is 0 Å². The summed E-state index contributed by atoms with van der Waals surface area (Å²) in [6, 6.07) is 4.99. The van der Waals surface area contributed by atoms with E-state index in [-0.39, 0.29) is 0 Å². The summed E-state index contributed by atoms with van der Waals surface area (Å²) in [5.74, 6) is 1.10. The van der Waals surface area contributed by atoms with E-state index in [4.69, 9.17) is 4.74 Å². The monoisotopic (exact) mass is 289 g/mol. The molecule has 2 nitrogen and oxygen atoms in total. The first-order chi connectivity index (χ1) is 9.86. The lowest BCUT2D eigenvalue weighted by molar-refractivity contribution is 0.0475. The van der Waals surface area contributed by atoms with Gasteiger partial charge >= 0.3 is 0 Å². The lowest BCUT2D eigenvalue weighted by atomic mass is 9.78. The Morgan fingerprint density at radius 2 is 1.62 bits per heavy atom. The van der Waals surface area contributed by atoms with E-state index in [0.717, 1.165) is 6.54 Å². The van der Waals surface area contributed by atoms with Crippen molar-refractivity contribution in [3.05, 3.63) is 34.4 Å². The maximum Gasteiger partial charge on any atom is 0.0600 e. The highest BCUT2D eigenvalue weighted by Gasteiger charge is 2.42. The molecule has 0 spiro atoms. The standard InChI is InChI=1S/C19H31NO/c1-8-20-19(18-14(5)15(6)21-16(18)7)17-12(3)9-11(2)10-13(17)4/h9-10,14-16,18-20H,8H2,1-7H3. The Kier molecular flexibility index (Phi) is 5.11. The van der Waals surface area contributed by atoms with Crippen molar-refractivity contribution in [1.29, 1.82) is 0 Å². The molecule has 118 valence electrons. The Bertz CT molecular complexity index is 473. The molecule has 1 fully saturated rings. The molecule has 5 atom stereocenters. The summed E-state index contributed by atoms with van der Waals surface area (Å²) in [6.45, 7) is 16.6. The highest BCUT2D eigenvalue weighted by molar-refractivity contribution is 5.40. The molecule has 0 bridgehead atoms. The van der Waals surface area contributed by atoms with E-state index < -0.39 is 0 Å². The van der Waals surface area contributed by atoms with Crippen LogP contribution in [0.2, 0.25) is 0 Å². The zero-order valence-electron chi connectivity index (χ0n) is 14.7. The highest BCUT2D eigenvalue weighted by atomic mass is 16.5. The van der Waals surface area contributed by atoms with Gasteiger partial charge in [0, 0.05) is 12.0 Å². The highest BCUT2D eigenvalue weighted by Crippen LogP contribution is 2.42. The summed E-state index contributed by atoms with van der Waals surface area (Å²) in [4.78, 5) is 0. The van der Waals surface area contributed by atoms with Crippen LogP contribution in [0.5, 0.6) is 0 Å². The van der Waals surface area contributed by atoms with Crippen LogP contribution in [-0.4, -0.2) is 18.8 Å². The normalized spacial score (nSPS) is 30.6. The van der Waals surface area contributed by atoms with E-state index in [1.807, 2.05) is 0 Å². The van der Waals surface area contributed by atoms with Crippen molar-refractivity contribution in [2.75, 3.05) is 6.54 Å². The van der Waals surface area contributed by atoms with Gasteiger partial charge in [-0.1, -0.05) is 31.5 Å². The van der Waals surface area contributed by atoms with Gasteiger partial charge in [0.25, 0.3) is 0 Å². The van der Waals surface area contributed by atoms with Gasteiger partial charge in [-0.3, -0.25) is 0 Å². The van der Waals surface area contributed by atoms with E-state index in [0.29, 0.717) is 30.1 Å². The summed E-state index contributed by atoms with van der Waals surface area (Å²) >= 11 is 0. The maximum atomic E-state index is 6.10. The van der Waals surface area contributed by atoms with Gasteiger partial charge < -0.3 is 10.1 Å². The Balaban J connectivity index is 2.45. The summed E-state index contributed by atoms with van der Waals surface area (Å²) in [5, 5.41) is 3.74. The topological polar surface area (TPSA) is 21.3 Å². The van der Waals surface area contributed by atoms with Crippen LogP contribution in [0.1, 0.15) is 56.0 Å². The van der Waals surface area contributed by atoms with Gasteiger partial charge in [0.2, 0.25) is 0 Å². The molecule has 1 aromatic rings. The summed E-state index contributed by atoms with van der Waals surface area (Å²) in [7, 11) is 0. The molecule has 1 aliphatic rings. The van der Waals surface area contributed by atoms with Gasteiger partial charge in [-0.25, -0.2) is 0 Å². The van der Waals surface area contributed by atoms with Gasteiger partial charge in [0.1, 0.15) is 0 Å². The first-order valence-electron chi connectivity index (χ1n) is 8.33. The molecule has 5 unspecified atom stereocenters. The molecule has 1 heterocycles. The molecule has 0 aromatic heterocycles. The van der Waals surface area contributed by atoms with Gasteiger partial charge in [-0.05, 0) is 63.8 Å². The van der Waals surface area contributed by atoms with E-state index in [2.05, 4.69) is 65.9 Å². The Morgan fingerprint density at radius 3 is 2.05 bits per heavy atom. The van der Waals surface area contributed by atoms with E-state index >= 15 is 0 Å². The number of aryl methyl sites for hydroxylation is 3. The van der Waals surface area contributed by atoms with Crippen LogP contribution >= 0.6 is 0 Å². The molecule has 0 saturated carbocycles. The molecule has 0 aliphatic carbocycles. The van der Waals surface area contributed by atoms with Crippen molar-refractivity contribution in [3.63, 3.8) is 0 Å². The van der Waals surface area contributed by atoms with Crippen molar-refractivity contribution in [1.82, 2.24) is 5.32 Å². The second-order valence-corrected chi connectivity index (χ2v) is 6.83. The smallest absolute Gasteiger partial charge is 0.0600 e. The van der Waals surface area contributed by atoms with Crippen molar-refractivity contribution < 1.29 is 4.74 Å². The SMILES string of the molecule is CCNC(c1c(C)cc(C)cc1C)C1C(C)OC(C)C1C. The number of hydrogen-bond donors (Lipinski definition) is 1. The minimum Gasteiger partial charge on any atom is -0.375 e. The number of nitrogens with one attached hydrogen (secondary N) is 1. The molecule has 2 rings (SSSR count). The average Bonchev–Trinajstić information content (AvgIpc) is 2.61. The second kappa shape index (κ2) is 6.50. The molecule has 0 amide bonds. The van der Waals surface area contributed by atoms with E-state index in [9.17, 15) is 0 Å². The third-order valence-corrected chi connectivity index (χ3v) is 5.18. The molecule has 21 heavy (non-hydrogen) atoms. The first kappa shape index (κ1) is 16.5. The van der Waals surface area contributed by atoms with Gasteiger partial charge in [0.05, 0.1) is 12.2 Å². The number of hydrogen-bond acceptors (Lipinski definition) is 2. The van der Waals surface area contributed by atoms with Crippen LogP contribution in [0.25, 0.3) is 0 Å². The van der Waals surface area contributed by atoms with Gasteiger partial charge in [-0.2, -0.15) is 0 Å².